The highest BCUT2D eigenvalue weighted by molar-refractivity contribution is 9.10. The van der Waals surface area contributed by atoms with E-state index < -0.39 is 0 Å². The van der Waals surface area contributed by atoms with Crippen molar-refractivity contribution in [3.63, 3.8) is 0 Å². The molecule has 0 saturated heterocycles. The Morgan fingerprint density at radius 2 is 1.90 bits per heavy atom. The Kier molecular flexibility index (Phi) is 6.73. The highest BCUT2D eigenvalue weighted by atomic mass is 79.9. The molecule has 3 aromatic carbocycles. The summed E-state index contributed by atoms with van der Waals surface area (Å²) in [4.78, 5) is 7.75. The lowest BCUT2D eigenvalue weighted by Crippen LogP contribution is -2.21. The average molecular weight is 647 g/mol. The maximum Gasteiger partial charge on any atom is 0.218 e. The molecule has 7 nitrogen and oxygen atoms in total. The standard InChI is InChI=1S/C31H25BrClN5O2S/c32-20-4-11-26-24(16-20)25-17-27-30(39)37(22-7-5-21(33)6-8-22)31(41)38(27)29(28(25)35-26)19-2-9-23(10-3-19)40-15-1-13-36-14-12-34-18-36/h2-12,14,16,18,29,35,39H,1,13,15,17H2. The number of aromatic hydroxyl groups is 1. The van der Waals surface area contributed by atoms with Crippen molar-refractivity contribution in [3.8, 4) is 17.3 Å². The number of benzene rings is 3. The molecule has 0 fully saturated rings. The Morgan fingerprint density at radius 3 is 2.66 bits per heavy atom. The van der Waals surface area contributed by atoms with Crippen LogP contribution in [0.2, 0.25) is 5.02 Å². The molecule has 1 unspecified atom stereocenters. The van der Waals surface area contributed by atoms with E-state index in [2.05, 4.69) is 54.7 Å². The molecule has 0 bridgehead atoms. The van der Waals surface area contributed by atoms with E-state index in [-0.39, 0.29) is 11.9 Å². The normalized spacial score (nSPS) is 14.2. The lowest BCUT2D eigenvalue weighted by Gasteiger charge is -2.27. The van der Waals surface area contributed by atoms with Gasteiger partial charge in [0.15, 0.2) is 4.77 Å². The Morgan fingerprint density at radius 1 is 1.10 bits per heavy atom. The van der Waals surface area contributed by atoms with Crippen LogP contribution in [0.4, 0.5) is 0 Å². The highest BCUT2D eigenvalue weighted by Gasteiger charge is 2.34. The molecule has 10 heteroatoms. The summed E-state index contributed by atoms with van der Waals surface area (Å²) in [6.07, 6.45) is 6.96. The number of aryl methyl sites for hydroxylation is 1. The molecule has 4 heterocycles. The van der Waals surface area contributed by atoms with Gasteiger partial charge < -0.3 is 24.0 Å². The minimum atomic E-state index is -0.262. The molecule has 1 aliphatic heterocycles. The van der Waals surface area contributed by atoms with Crippen molar-refractivity contribution < 1.29 is 9.84 Å². The number of H-pyrrole nitrogens is 1. The van der Waals surface area contributed by atoms with Crippen LogP contribution in [0.3, 0.4) is 0 Å². The fraction of sp³-hybridized carbons (Fsp3) is 0.161. The molecule has 6 aromatic rings. The number of nitrogens with one attached hydrogen (secondary N) is 1. The van der Waals surface area contributed by atoms with Crippen LogP contribution in [-0.2, 0) is 13.0 Å². The van der Waals surface area contributed by atoms with Crippen molar-refractivity contribution in [2.45, 2.75) is 25.4 Å². The summed E-state index contributed by atoms with van der Waals surface area (Å²) in [6.45, 7) is 1.46. The Bertz CT molecular complexity index is 1920. The molecule has 0 aliphatic carbocycles. The summed E-state index contributed by atoms with van der Waals surface area (Å²) in [5.74, 6) is 0.941. The van der Waals surface area contributed by atoms with Crippen LogP contribution in [0.15, 0.2) is 89.9 Å². The van der Waals surface area contributed by atoms with Gasteiger partial charge in [0.1, 0.15) is 11.8 Å². The summed E-state index contributed by atoms with van der Waals surface area (Å²) < 4.78 is 13.4. The second-order valence-corrected chi connectivity index (χ2v) is 11.8. The first kappa shape index (κ1) is 26.1. The van der Waals surface area contributed by atoms with Gasteiger partial charge in [-0.15, -0.1) is 0 Å². The van der Waals surface area contributed by atoms with E-state index in [0.29, 0.717) is 22.8 Å². The number of fused-ring (bicyclic) bond motifs is 4. The highest BCUT2D eigenvalue weighted by Crippen LogP contribution is 2.44. The topological polar surface area (TPSA) is 72.9 Å². The number of aromatic amines is 1. The van der Waals surface area contributed by atoms with E-state index >= 15 is 0 Å². The second kappa shape index (κ2) is 10.6. The number of hydrogen-bond acceptors (Lipinski definition) is 4. The Labute approximate surface area is 254 Å². The third-order valence-corrected chi connectivity index (χ3v) is 8.73. The molecule has 41 heavy (non-hydrogen) atoms. The fourth-order valence-electron chi connectivity index (χ4n) is 5.68. The van der Waals surface area contributed by atoms with Crippen LogP contribution < -0.4 is 4.74 Å². The minimum absolute atomic E-state index is 0.134. The first-order valence-corrected chi connectivity index (χ1v) is 14.9. The van der Waals surface area contributed by atoms with Crippen molar-refractivity contribution >= 4 is 50.7 Å². The van der Waals surface area contributed by atoms with Gasteiger partial charge in [0.25, 0.3) is 0 Å². The van der Waals surface area contributed by atoms with Gasteiger partial charge in [-0.1, -0.05) is 39.7 Å². The number of nitrogens with zero attached hydrogens (tertiary/aromatic N) is 4. The van der Waals surface area contributed by atoms with Gasteiger partial charge in [-0.25, -0.2) is 4.98 Å². The van der Waals surface area contributed by atoms with Crippen molar-refractivity contribution in [2.24, 2.45) is 0 Å². The molecule has 0 saturated carbocycles. The van der Waals surface area contributed by atoms with Gasteiger partial charge in [-0.2, -0.15) is 0 Å². The van der Waals surface area contributed by atoms with E-state index in [1.54, 1.807) is 22.9 Å². The number of aromatic nitrogens is 5. The summed E-state index contributed by atoms with van der Waals surface area (Å²) in [5.41, 5.74) is 5.81. The smallest absolute Gasteiger partial charge is 0.218 e. The van der Waals surface area contributed by atoms with Crippen LogP contribution in [0.5, 0.6) is 11.6 Å². The molecule has 1 atom stereocenters. The molecule has 1 aliphatic rings. The van der Waals surface area contributed by atoms with Crippen molar-refractivity contribution in [3.05, 3.63) is 122 Å². The van der Waals surface area contributed by atoms with Gasteiger partial charge in [0.2, 0.25) is 5.88 Å². The zero-order valence-electron chi connectivity index (χ0n) is 21.8. The molecule has 0 amide bonds. The zero-order chi connectivity index (χ0) is 28.1. The molecular weight excluding hydrogens is 622 g/mol. The van der Waals surface area contributed by atoms with Crippen LogP contribution in [0, 0.1) is 4.77 Å². The molecule has 2 N–H and O–H groups in total. The molecule has 206 valence electrons. The summed E-state index contributed by atoms with van der Waals surface area (Å²) >= 11 is 15.8. The lowest BCUT2D eigenvalue weighted by atomic mass is 9.93. The summed E-state index contributed by atoms with van der Waals surface area (Å²) in [6, 6.07) is 21.5. The predicted molar refractivity (Wildman–Crippen MR) is 166 cm³/mol. The van der Waals surface area contributed by atoms with Crippen molar-refractivity contribution in [2.75, 3.05) is 6.61 Å². The first-order chi connectivity index (χ1) is 20.0. The van der Waals surface area contributed by atoms with Crippen molar-refractivity contribution in [1.82, 2.24) is 23.7 Å². The maximum atomic E-state index is 11.6. The lowest BCUT2D eigenvalue weighted by molar-refractivity contribution is 0.301. The van der Waals surface area contributed by atoms with E-state index in [1.807, 2.05) is 47.4 Å². The Hall–Kier alpha value is -3.79. The number of rotatable bonds is 7. The minimum Gasteiger partial charge on any atom is -0.494 e. The predicted octanol–water partition coefficient (Wildman–Crippen LogP) is 7.82. The van der Waals surface area contributed by atoms with Gasteiger partial charge >= 0.3 is 0 Å². The number of imidazole rings is 2. The van der Waals surface area contributed by atoms with Gasteiger partial charge in [-0.05, 0) is 84.4 Å². The van der Waals surface area contributed by atoms with E-state index in [9.17, 15) is 5.11 Å². The number of ether oxygens (including phenoxy) is 1. The number of hydrogen-bond donors (Lipinski definition) is 2. The van der Waals surface area contributed by atoms with Crippen LogP contribution in [-0.4, -0.2) is 35.4 Å². The molecule has 0 radical (unpaired) electrons. The number of halogens is 2. The fourth-order valence-corrected chi connectivity index (χ4v) is 6.58. The zero-order valence-corrected chi connectivity index (χ0v) is 25.0. The average Bonchev–Trinajstić information content (AvgIpc) is 3.69. The third kappa shape index (κ3) is 4.67. The van der Waals surface area contributed by atoms with Crippen LogP contribution in [0.25, 0.3) is 16.6 Å². The van der Waals surface area contributed by atoms with Gasteiger partial charge in [0.05, 0.1) is 24.3 Å². The summed E-state index contributed by atoms with van der Waals surface area (Å²) in [7, 11) is 0. The van der Waals surface area contributed by atoms with Gasteiger partial charge in [0, 0.05) is 51.5 Å². The second-order valence-electron chi connectivity index (χ2n) is 10.1. The molecular formula is C31H25BrClN5O2S. The maximum absolute atomic E-state index is 11.6. The van der Waals surface area contributed by atoms with Gasteiger partial charge in [-0.3, -0.25) is 4.57 Å². The van der Waals surface area contributed by atoms with E-state index in [0.717, 1.165) is 62.3 Å². The van der Waals surface area contributed by atoms with E-state index in [1.165, 1.54) is 0 Å². The summed E-state index contributed by atoms with van der Waals surface area (Å²) in [5, 5.41) is 13.3. The Balaban J connectivity index is 1.28. The SMILES string of the molecule is Oc1c2n(c(=S)n1-c1ccc(Cl)cc1)C(c1ccc(OCCCn3ccnc3)cc1)c1[nH]c3ccc(Br)cc3c1C2. The molecule has 0 spiro atoms. The molecule has 7 rings (SSSR count). The monoisotopic (exact) mass is 645 g/mol. The quantitative estimate of drug-likeness (QED) is 0.137. The molecule has 3 aromatic heterocycles. The van der Waals surface area contributed by atoms with Crippen LogP contribution in [0.1, 0.15) is 35.0 Å². The van der Waals surface area contributed by atoms with Crippen LogP contribution >= 0.6 is 39.7 Å². The first-order valence-electron chi connectivity index (χ1n) is 13.3. The van der Waals surface area contributed by atoms with Crippen molar-refractivity contribution in [1.29, 1.82) is 0 Å². The third-order valence-electron chi connectivity index (χ3n) is 7.60. The van der Waals surface area contributed by atoms with E-state index in [4.69, 9.17) is 28.6 Å². The largest absolute Gasteiger partial charge is 0.494 e.